The molecular weight excluding hydrogens is 340 g/mol. The number of benzene rings is 1. The molecule has 1 aromatic rings. The number of rotatable bonds is 3. The minimum atomic E-state index is -0.363. The molecule has 1 heterocycles. The van der Waals surface area contributed by atoms with Crippen LogP contribution in [0.2, 0.25) is 5.02 Å². The fourth-order valence-corrected chi connectivity index (χ4v) is 4.71. The van der Waals surface area contributed by atoms with Gasteiger partial charge >= 0.3 is 6.09 Å². The standard InChI is InChI=1S/C19H23ClN2O3/c1-11-3-12(5-15(20)4-11)13-6-16(7-13)22(2)17(23)14-8-19(9-14)10-25-18(24)21-19/h3-5,13-14,16H,6-10H2,1-2H3,(H,21,24). The molecule has 0 aromatic heterocycles. The van der Waals surface area contributed by atoms with Crippen LogP contribution in [0.3, 0.4) is 0 Å². The van der Waals surface area contributed by atoms with Crippen LogP contribution in [0.25, 0.3) is 0 Å². The Labute approximate surface area is 152 Å². The molecule has 3 fully saturated rings. The number of hydrogen-bond acceptors (Lipinski definition) is 3. The molecule has 1 spiro atoms. The zero-order valence-corrected chi connectivity index (χ0v) is 15.3. The minimum absolute atomic E-state index is 0.000496. The third kappa shape index (κ3) is 2.99. The second-order valence-corrected chi connectivity index (χ2v) is 8.36. The van der Waals surface area contributed by atoms with E-state index in [9.17, 15) is 9.59 Å². The van der Waals surface area contributed by atoms with E-state index in [0.29, 0.717) is 31.4 Å². The highest BCUT2D eigenvalue weighted by atomic mass is 35.5. The smallest absolute Gasteiger partial charge is 0.407 e. The van der Waals surface area contributed by atoms with Gasteiger partial charge in [-0.1, -0.05) is 17.7 Å². The maximum Gasteiger partial charge on any atom is 0.407 e. The lowest BCUT2D eigenvalue weighted by Crippen LogP contribution is -2.59. The number of alkyl carbamates (subject to hydrolysis) is 1. The van der Waals surface area contributed by atoms with E-state index in [0.717, 1.165) is 17.9 Å². The number of aryl methyl sites for hydroxylation is 1. The van der Waals surface area contributed by atoms with Gasteiger partial charge in [0.15, 0.2) is 0 Å². The minimum Gasteiger partial charge on any atom is -0.447 e. The van der Waals surface area contributed by atoms with Crippen molar-refractivity contribution >= 4 is 23.6 Å². The average molecular weight is 363 g/mol. The van der Waals surface area contributed by atoms with Gasteiger partial charge in [-0.15, -0.1) is 0 Å². The average Bonchev–Trinajstić information content (AvgIpc) is 2.84. The lowest BCUT2D eigenvalue weighted by atomic mass is 9.67. The van der Waals surface area contributed by atoms with Crippen molar-refractivity contribution in [2.45, 2.75) is 50.1 Å². The Morgan fingerprint density at radius 1 is 1.32 bits per heavy atom. The molecule has 0 bridgehead atoms. The summed E-state index contributed by atoms with van der Waals surface area (Å²) in [4.78, 5) is 25.8. The van der Waals surface area contributed by atoms with E-state index in [4.69, 9.17) is 16.3 Å². The monoisotopic (exact) mass is 362 g/mol. The fraction of sp³-hybridized carbons (Fsp3) is 0.579. The first-order chi connectivity index (χ1) is 11.8. The summed E-state index contributed by atoms with van der Waals surface area (Å²) in [5.74, 6) is 0.671. The molecule has 0 radical (unpaired) electrons. The van der Waals surface area contributed by atoms with Gasteiger partial charge in [-0.25, -0.2) is 4.79 Å². The van der Waals surface area contributed by atoms with E-state index in [-0.39, 0.29) is 23.5 Å². The van der Waals surface area contributed by atoms with Crippen molar-refractivity contribution in [3.05, 3.63) is 34.3 Å². The van der Waals surface area contributed by atoms with Gasteiger partial charge in [-0.05, 0) is 61.8 Å². The van der Waals surface area contributed by atoms with Crippen molar-refractivity contribution < 1.29 is 14.3 Å². The van der Waals surface area contributed by atoms with Crippen LogP contribution in [-0.4, -0.2) is 42.1 Å². The first kappa shape index (κ1) is 16.7. The molecule has 1 aromatic carbocycles. The normalized spacial score (nSPS) is 33.2. The first-order valence-electron chi connectivity index (χ1n) is 8.84. The molecule has 2 saturated carbocycles. The van der Waals surface area contributed by atoms with Crippen LogP contribution in [0, 0.1) is 12.8 Å². The molecule has 3 aliphatic rings. The molecule has 134 valence electrons. The van der Waals surface area contributed by atoms with Gasteiger partial charge in [-0.2, -0.15) is 0 Å². The number of carbonyl (C=O) groups is 2. The molecule has 1 aliphatic heterocycles. The lowest BCUT2D eigenvalue weighted by Gasteiger charge is -2.47. The van der Waals surface area contributed by atoms with Crippen molar-refractivity contribution in [3.63, 3.8) is 0 Å². The summed E-state index contributed by atoms with van der Waals surface area (Å²) in [6, 6.07) is 6.49. The van der Waals surface area contributed by atoms with Gasteiger partial charge in [-0.3, -0.25) is 4.79 Å². The number of carbonyl (C=O) groups excluding carboxylic acids is 2. The summed E-state index contributed by atoms with van der Waals surface area (Å²) >= 11 is 6.16. The molecule has 2 amide bonds. The molecular formula is C19H23ClN2O3. The predicted molar refractivity (Wildman–Crippen MR) is 94.7 cm³/mol. The summed E-state index contributed by atoms with van der Waals surface area (Å²) in [5.41, 5.74) is 2.16. The highest BCUT2D eigenvalue weighted by Crippen LogP contribution is 2.44. The van der Waals surface area contributed by atoms with Gasteiger partial charge < -0.3 is 15.0 Å². The Kier molecular flexibility index (Phi) is 3.95. The van der Waals surface area contributed by atoms with E-state index < -0.39 is 0 Å². The van der Waals surface area contributed by atoms with E-state index in [1.807, 2.05) is 24.1 Å². The zero-order valence-electron chi connectivity index (χ0n) is 14.5. The van der Waals surface area contributed by atoms with Crippen LogP contribution >= 0.6 is 11.6 Å². The van der Waals surface area contributed by atoms with Crippen molar-refractivity contribution in [2.24, 2.45) is 5.92 Å². The Bertz CT molecular complexity index is 703. The summed E-state index contributed by atoms with van der Waals surface area (Å²) in [5, 5.41) is 3.62. The molecule has 5 nitrogen and oxygen atoms in total. The van der Waals surface area contributed by atoms with Crippen LogP contribution in [-0.2, 0) is 9.53 Å². The van der Waals surface area contributed by atoms with Gasteiger partial charge in [0.2, 0.25) is 5.91 Å². The number of halogens is 1. The Morgan fingerprint density at radius 2 is 2.04 bits per heavy atom. The van der Waals surface area contributed by atoms with Gasteiger partial charge in [0.05, 0.1) is 5.54 Å². The molecule has 0 atom stereocenters. The van der Waals surface area contributed by atoms with Gasteiger partial charge in [0.25, 0.3) is 0 Å². The summed E-state index contributed by atoms with van der Waals surface area (Å²) in [6.07, 6.45) is 2.98. The van der Waals surface area contributed by atoms with Crippen LogP contribution in [0.4, 0.5) is 4.79 Å². The first-order valence-corrected chi connectivity index (χ1v) is 9.22. The van der Waals surface area contributed by atoms with Crippen LogP contribution in [0.1, 0.15) is 42.7 Å². The second kappa shape index (κ2) is 5.90. The second-order valence-electron chi connectivity index (χ2n) is 7.92. The highest BCUT2D eigenvalue weighted by molar-refractivity contribution is 6.30. The summed E-state index contributed by atoms with van der Waals surface area (Å²) in [7, 11) is 1.90. The largest absolute Gasteiger partial charge is 0.447 e. The Hall–Kier alpha value is -1.75. The van der Waals surface area contributed by atoms with Crippen molar-refractivity contribution in [3.8, 4) is 0 Å². The van der Waals surface area contributed by atoms with Crippen molar-refractivity contribution in [1.29, 1.82) is 0 Å². The van der Waals surface area contributed by atoms with Crippen molar-refractivity contribution in [1.82, 2.24) is 10.2 Å². The van der Waals surface area contributed by atoms with Crippen molar-refractivity contribution in [2.75, 3.05) is 13.7 Å². The molecule has 1 N–H and O–H groups in total. The number of nitrogens with zero attached hydrogens (tertiary/aromatic N) is 1. The number of ether oxygens (including phenoxy) is 1. The maximum atomic E-state index is 12.7. The highest BCUT2D eigenvalue weighted by Gasteiger charge is 2.53. The maximum absolute atomic E-state index is 12.7. The quantitative estimate of drug-likeness (QED) is 0.898. The van der Waals surface area contributed by atoms with Crippen LogP contribution in [0.15, 0.2) is 18.2 Å². The number of hydrogen-bond donors (Lipinski definition) is 1. The number of amides is 2. The topological polar surface area (TPSA) is 58.6 Å². The Morgan fingerprint density at radius 3 is 2.64 bits per heavy atom. The third-order valence-electron chi connectivity index (χ3n) is 6.01. The SMILES string of the molecule is Cc1cc(Cl)cc(C2CC(N(C)C(=O)C3CC4(COC(=O)N4)C3)C2)c1. The number of cyclic esters (lactones) is 1. The fourth-order valence-electron chi connectivity index (χ4n) is 4.41. The van der Waals surface area contributed by atoms with Gasteiger partial charge in [0.1, 0.15) is 6.61 Å². The summed E-state index contributed by atoms with van der Waals surface area (Å²) in [6.45, 7) is 2.44. The molecule has 0 unspecified atom stereocenters. The van der Waals surface area contributed by atoms with E-state index in [1.165, 1.54) is 11.1 Å². The van der Waals surface area contributed by atoms with Crippen LogP contribution in [0.5, 0.6) is 0 Å². The molecule has 1 saturated heterocycles. The van der Waals surface area contributed by atoms with Crippen LogP contribution < -0.4 is 5.32 Å². The van der Waals surface area contributed by atoms with Gasteiger partial charge in [0, 0.05) is 24.0 Å². The predicted octanol–water partition coefficient (Wildman–Crippen LogP) is 3.24. The Balaban J connectivity index is 1.30. The zero-order chi connectivity index (χ0) is 17.8. The summed E-state index contributed by atoms with van der Waals surface area (Å²) < 4.78 is 4.98. The molecule has 25 heavy (non-hydrogen) atoms. The third-order valence-corrected chi connectivity index (χ3v) is 6.23. The number of nitrogens with one attached hydrogen (secondary N) is 1. The molecule has 2 aliphatic carbocycles. The van der Waals surface area contributed by atoms with E-state index >= 15 is 0 Å². The molecule has 4 rings (SSSR count). The van der Waals surface area contributed by atoms with E-state index in [2.05, 4.69) is 18.3 Å². The lowest BCUT2D eigenvalue weighted by molar-refractivity contribution is -0.143. The molecule has 6 heteroatoms. The van der Waals surface area contributed by atoms with E-state index in [1.54, 1.807) is 0 Å².